The molecule has 4 aromatic rings. The molecule has 2 amide bonds. The van der Waals surface area contributed by atoms with Crippen LogP contribution in [-0.4, -0.2) is 60.3 Å². The molecule has 0 saturated carbocycles. The number of fused-ring (bicyclic) bond motifs is 1. The van der Waals surface area contributed by atoms with Crippen LogP contribution in [0.25, 0.3) is 10.9 Å². The number of aromatic amines is 1. The lowest BCUT2D eigenvalue weighted by atomic mass is 10.0. The van der Waals surface area contributed by atoms with E-state index in [4.69, 9.17) is 4.74 Å². The zero-order chi connectivity index (χ0) is 30.8. The molecule has 4 rings (SSSR count). The molecule has 0 bridgehead atoms. The molecule has 3 aromatic carbocycles. The highest BCUT2D eigenvalue weighted by Gasteiger charge is 2.20. The fraction of sp³-hybridized carbons (Fsp3) is 0.265. The predicted octanol–water partition coefficient (Wildman–Crippen LogP) is 3.98. The van der Waals surface area contributed by atoms with Crippen LogP contribution in [0.4, 0.5) is 0 Å². The highest BCUT2D eigenvalue weighted by atomic mass is 16.5. The van der Waals surface area contributed by atoms with Crippen LogP contribution in [0.5, 0.6) is 5.75 Å². The van der Waals surface area contributed by atoms with Crippen LogP contribution in [0.2, 0.25) is 0 Å². The van der Waals surface area contributed by atoms with Crippen molar-refractivity contribution in [2.75, 3.05) is 20.3 Å². The largest absolute Gasteiger partial charge is 0.490 e. The average molecular weight is 582 g/mol. The van der Waals surface area contributed by atoms with Gasteiger partial charge in [0, 0.05) is 40.3 Å². The summed E-state index contributed by atoms with van der Waals surface area (Å²) in [4.78, 5) is 40.5. The van der Waals surface area contributed by atoms with E-state index in [0.29, 0.717) is 34.4 Å². The summed E-state index contributed by atoms with van der Waals surface area (Å²) in [5.41, 5.74) is 3.87. The number of carbonyl (C=O) groups is 3. The first-order chi connectivity index (χ1) is 20.8. The summed E-state index contributed by atoms with van der Waals surface area (Å²) >= 11 is 0. The van der Waals surface area contributed by atoms with Gasteiger partial charge in [0.2, 0.25) is 0 Å². The zero-order valence-corrected chi connectivity index (χ0v) is 24.4. The molecule has 0 aliphatic carbocycles. The van der Waals surface area contributed by atoms with Crippen LogP contribution in [0.3, 0.4) is 0 Å². The van der Waals surface area contributed by atoms with E-state index in [-0.39, 0.29) is 37.5 Å². The lowest BCUT2D eigenvalue weighted by Gasteiger charge is -2.19. The number of aliphatic hydroxyl groups is 1. The van der Waals surface area contributed by atoms with Gasteiger partial charge in [0.25, 0.3) is 11.8 Å². The number of amides is 2. The number of hydrogen-bond donors (Lipinski definition) is 4. The van der Waals surface area contributed by atoms with Crippen molar-refractivity contribution in [2.24, 2.45) is 0 Å². The van der Waals surface area contributed by atoms with Crippen molar-refractivity contribution >= 4 is 28.7 Å². The van der Waals surface area contributed by atoms with Crippen LogP contribution in [0.15, 0.2) is 72.9 Å². The molecule has 0 saturated heterocycles. The highest BCUT2D eigenvalue weighted by Crippen LogP contribution is 2.23. The number of ether oxygens (including phenoxy) is 2. The topological polar surface area (TPSA) is 130 Å². The number of benzene rings is 3. The summed E-state index contributed by atoms with van der Waals surface area (Å²) in [5.74, 6) is 5.40. The van der Waals surface area contributed by atoms with E-state index >= 15 is 0 Å². The third kappa shape index (κ3) is 8.47. The molecule has 0 aliphatic rings. The van der Waals surface area contributed by atoms with E-state index in [1.165, 1.54) is 7.11 Å². The van der Waals surface area contributed by atoms with E-state index in [0.717, 1.165) is 16.5 Å². The van der Waals surface area contributed by atoms with E-state index in [1.807, 2.05) is 44.3 Å². The van der Waals surface area contributed by atoms with E-state index in [9.17, 15) is 19.5 Å². The Morgan fingerprint density at radius 3 is 2.47 bits per heavy atom. The maximum atomic E-state index is 13.5. The second kappa shape index (κ2) is 14.7. The lowest BCUT2D eigenvalue weighted by Crippen LogP contribution is -2.39. The van der Waals surface area contributed by atoms with Crippen molar-refractivity contribution in [3.05, 3.63) is 101 Å². The highest BCUT2D eigenvalue weighted by molar-refractivity contribution is 5.98. The molecule has 9 nitrogen and oxygen atoms in total. The van der Waals surface area contributed by atoms with Gasteiger partial charge in [0.15, 0.2) is 0 Å². The van der Waals surface area contributed by atoms with Crippen molar-refractivity contribution in [1.82, 2.24) is 15.6 Å². The molecule has 1 aromatic heterocycles. The summed E-state index contributed by atoms with van der Waals surface area (Å²) in [6.07, 6.45) is 2.25. The number of H-pyrrole nitrogens is 1. The number of rotatable bonds is 11. The fourth-order valence-electron chi connectivity index (χ4n) is 4.50. The summed E-state index contributed by atoms with van der Waals surface area (Å²) in [6.45, 7) is 3.68. The van der Waals surface area contributed by atoms with Gasteiger partial charge in [-0.15, -0.1) is 0 Å². The Kier molecular flexibility index (Phi) is 10.6. The van der Waals surface area contributed by atoms with E-state index in [1.54, 1.807) is 42.5 Å². The van der Waals surface area contributed by atoms with Crippen molar-refractivity contribution in [1.29, 1.82) is 0 Å². The number of aromatic nitrogens is 1. The second-order valence-electron chi connectivity index (χ2n) is 10.2. The smallest absolute Gasteiger partial charge is 0.307 e. The summed E-state index contributed by atoms with van der Waals surface area (Å²) in [6, 6.07) is 19.3. The first kappa shape index (κ1) is 30.9. The van der Waals surface area contributed by atoms with Gasteiger partial charge in [-0.3, -0.25) is 14.4 Å². The Morgan fingerprint density at radius 1 is 0.953 bits per heavy atom. The molecular weight excluding hydrogens is 546 g/mol. The SMILES string of the molecule is COC(=O)CCNC(=O)c1cccc(C#Cc2ccc(OC(C)C)c(C(=O)N[C@@H](CO)Cc3c[nH]c4ccccc34)c2)c1. The zero-order valence-electron chi connectivity index (χ0n) is 24.4. The van der Waals surface area contributed by atoms with Crippen molar-refractivity contribution in [3.8, 4) is 17.6 Å². The maximum absolute atomic E-state index is 13.5. The fourth-order valence-corrected chi connectivity index (χ4v) is 4.50. The lowest BCUT2D eigenvalue weighted by molar-refractivity contribution is -0.140. The van der Waals surface area contributed by atoms with Crippen molar-refractivity contribution < 1.29 is 29.0 Å². The van der Waals surface area contributed by atoms with Crippen LogP contribution in [0.1, 0.15) is 57.7 Å². The molecule has 1 heterocycles. The number of carbonyl (C=O) groups excluding carboxylic acids is 3. The first-order valence-electron chi connectivity index (χ1n) is 14.0. The second-order valence-corrected chi connectivity index (χ2v) is 10.2. The van der Waals surface area contributed by atoms with Gasteiger partial charge in [-0.1, -0.05) is 36.1 Å². The van der Waals surface area contributed by atoms with E-state index in [2.05, 4.69) is 32.2 Å². The number of para-hydroxylation sites is 1. The number of esters is 1. The Labute approximate surface area is 250 Å². The number of methoxy groups -OCH3 is 1. The Balaban J connectivity index is 1.51. The normalized spacial score (nSPS) is 11.4. The third-order valence-corrected chi connectivity index (χ3v) is 6.60. The van der Waals surface area contributed by atoms with Crippen molar-refractivity contribution in [3.63, 3.8) is 0 Å². The van der Waals surface area contributed by atoms with Gasteiger partial charge in [-0.05, 0) is 68.3 Å². The Bertz CT molecular complexity index is 1660. The predicted molar refractivity (Wildman–Crippen MR) is 164 cm³/mol. The molecule has 0 aliphatic heterocycles. The molecule has 1 atom stereocenters. The van der Waals surface area contributed by atoms with Gasteiger partial charge in [0.1, 0.15) is 5.75 Å². The molecule has 0 spiro atoms. The van der Waals surface area contributed by atoms with Crippen LogP contribution in [-0.2, 0) is 16.0 Å². The molecule has 0 fully saturated rings. The van der Waals surface area contributed by atoms with Crippen LogP contribution < -0.4 is 15.4 Å². The summed E-state index contributed by atoms with van der Waals surface area (Å²) in [7, 11) is 1.30. The number of aliphatic hydroxyl groups excluding tert-OH is 1. The molecular formula is C34H35N3O6. The number of hydrogen-bond acceptors (Lipinski definition) is 6. The molecule has 9 heteroatoms. The Morgan fingerprint density at radius 2 is 1.72 bits per heavy atom. The Hall–Kier alpha value is -5.07. The average Bonchev–Trinajstić information content (AvgIpc) is 3.42. The number of nitrogens with one attached hydrogen (secondary N) is 3. The van der Waals surface area contributed by atoms with Crippen molar-refractivity contribution in [2.45, 2.75) is 38.8 Å². The minimum absolute atomic E-state index is 0.0796. The molecule has 43 heavy (non-hydrogen) atoms. The minimum Gasteiger partial charge on any atom is -0.490 e. The van der Waals surface area contributed by atoms with Gasteiger partial charge >= 0.3 is 5.97 Å². The third-order valence-electron chi connectivity index (χ3n) is 6.60. The molecule has 0 radical (unpaired) electrons. The standard InChI is InChI=1S/C34H35N3O6/c1-22(2)43-31-14-13-24(12-11-23-7-6-8-25(17-23)33(40)35-16-15-32(39)42-3)18-29(31)34(41)37-27(21-38)19-26-20-36-30-10-5-4-9-28(26)30/h4-10,13-14,17-18,20,22,27,36,38H,15-16,19,21H2,1-3H3,(H,35,40)(H,37,41)/t27-/m1/s1. The first-order valence-corrected chi connectivity index (χ1v) is 14.0. The summed E-state index contributed by atoms with van der Waals surface area (Å²) < 4.78 is 10.5. The van der Waals surface area contributed by atoms with Crippen LogP contribution in [0, 0.1) is 11.8 Å². The summed E-state index contributed by atoms with van der Waals surface area (Å²) in [5, 5.41) is 16.8. The van der Waals surface area contributed by atoms with Crippen LogP contribution >= 0.6 is 0 Å². The van der Waals surface area contributed by atoms with Gasteiger partial charge in [-0.2, -0.15) is 0 Å². The maximum Gasteiger partial charge on any atom is 0.307 e. The molecule has 4 N–H and O–H groups in total. The van der Waals surface area contributed by atoms with E-state index < -0.39 is 12.0 Å². The molecule has 222 valence electrons. The monoisotopic (exact) mass is 581 g/mol. The van der Waals surface area contributed by atoms with Gasteiger partial charge in [-0.25, -0.2) is 0 Å². The van der Waals surface area contributed by atoms with Gasteiger partial charge in [0.05, 0.1) is 37.8 Å². The molecule has 0 unspecified atom stereocenters. The minimum atomic E-state index is -0.519. The van der Waals surface area contributed by atoms with Gasteiger partial charge < -0.3 is 30.2 Å². The quantitative estimate of drug-likeness (QED) is 0.157.